The summed E-state index contributed by atoms with van der Waals surface area (Å²) >= 11 is 7.32. The molecule has 0 aliphatic carbocycles. The highest BCUT2D eigenvalue weighted by Crippen LogP contribution is 2.24. The van der Waals surface area contributed by atoms with E-state index in [1.165, 1.54) is 11.8 Å². The van der Waals surface area contributed by atoms with Crippen LogP contribution in [0.3, 0.4) is 0 Å². The number of pyridine rings is 1. The number of nitrogens with zero attached hydrogens (tertiary/aromatic N) is 3. The summed E-state index contributed by atoms with van der Waals surface area (Å²) in [4.78, 5) is 34.7. The monoisotopic (exact) mass is 452 g/mol. The lowest BCUT2D eigenvalue weighted by Gasteiger charge is -2.15. The van der Waals surface area contributed by atoms with Gasteiger partial charge in [0.05, 0.1) is 27.9 Å². The average Bonchev–Trinajstić information content (AvgIpc) is 2.75. The highest BCUT2D eigenvalue weighted by Gasteiger charge is 2.15. The summed E-state index contributed by atoms with van der Waals surface area (Å²) in [5, 5.41) is 5.30. The van der Waals surface area contributed by atoms with E-state index in [9.17, 15) is 9.59 Å². The summed E-state index contributed by atoms with van der Waals surface area (Å²) in [7, 11) is 0. The van der Waals surface area contributed by atoms with Crippen molar-refractivity contribution in [2.45, 2.75) is 25.5 Å². The van der Waals surface area contributed by atoms with Crippen LogP contribution in [-0.4, -0.2) is 26.2 Å². The van der Waals surface area contributed by atoms with Gasteiger partial charge in [-0.15, -0.1) is 0 Å². The van der Waals surface area contributed by atoms with E-state index in [2.05, 4.69) is 15.3 Å². The van der Waals surface area contributed by atoms with Gasteiger partial charge in [-0.25, -0.2) is 4.98 Å². The molecule has 1 amide bonds. The van der Waals surface area contributed by atoms with Crippen LogP contribution in [0.15, 0.2) is 64.7 Å². The number of thioether (sulfide) groups is 1. The van der Waals surface area contributed by atoms with Gasteiger partial charge >= 0.3 is 0 Å². The Kier molecular flexibility index (Phi) is 6.25. The third kappa shape index (κ3) is 4.73. The fourth-order valence-electron chi connectivity index (χ4n) is 3.34. The number of fused-ring (bicyclic) bond motifs is 2. The fourth-order valence-corrected chi connectivity index (χ4v) is 4.32. The summed E-state index contributed by atoms with van der Waals surface area (Å²) < 4.78 is 1.63. The third-order valence-corrected chi connectivity index (χ3v) is 5.89. The first-order valence-electron chi connectivity index (χ1n) is 9.89. The van der Waals surface area contributed by atoms with Crippen molar-refractivity contribution in [1.82, 2.24) is 14.5 Å². The van der Waals surface area contributed by atoms with Crippen LogP contribution in [0.4, 0.5) is 5.69 Å². The van der Waals surface area contributed by atoms with E-state index in [0.29, 0.717) is 33.3 Å². The van der Waals surface area contributed by atoms with Gasteiger partial charge in [0.2, 0.25) is 5.91 Å². The second-order valence-electron chi connectivity index (χ2n) is 7.58. The fraction of sp³-hybridized carbons (Fsp3) is 0.217. The summed E-state index contributed by atoms with van der Waals surface area (Å²) in [6.07, 6.45) is 1.72. The number of benzene rings is 2. The molecule has 0 unspecified atom stereocenters. The number of anilines is 1. The number of nitrogens with one attached hydrogen (secondary N) is 1. The lowest BCUT2D eigenvalue weighted by Crippen LogP contribution is -2.26. The quantitative estimate of drug-likeness (QED) is 0.329. The summed E-state index contributed by atoms with van der Waals surface area (Å²) in [5.74, 6) is 0.190. The lowest BCUT2D eigenvalue weighted by molar-refractivity contribution is -0.113. The summed E-state index contributed by atoms with van der Waals surface area (Å²) in [5.41, 5.74) is 1.94. The minimum atomic E-state index is -0.178. The van der Waals surface area contributed by atoms with Crippen LogP contribution < -0.4 is 10.9 Å². The van der Waals surface area contributed by atoms with Crippen molar-refractivity contribution in [3.8, 4) is 0 Å². The van der Waals surface area contributed by atoms with E-state index in [-0.39, 0.29) is 23.1 Å². The maximum atomic E-state index is 13.1. The van der Waals surface area contributed by atoms with Crippen LogP contribution in [0.2, 0.25) is 5.02 Å². The number of amides is 1. The van der Waals surface area contributed by atoms with Crippen molar-refractivity contribution in [3.63, 3.8) is 0 Å². The molecule has 1 N–H and O–H groups in total. The average molecular weight is 453 g/mol. The van der Waals surface area contributed by atoms with Gasteiger partial charge in [-0.3, -0.25) is 19.1 Å². The molecule has 0 atom stereocenters. The molecule has 0 saturated heterocycles. The highest BCUT2D eigenvalue weighted by atomic mass is 35.5. The van der Waals surface area contributed by atoms with Gasteiger partial charge in [-0.2, -0.15) is 0 Å². The van der Waals surface area contributed by atoms with Crippen molar-refractivity contribution < 1.29 is 4.79 Å². The number of halogens is 1. The Bertz CT molecular complexity index is 1330. The van der Waals surface area contributed by atoms with Gasteiger partial charge in [-0.05, 0) is 48.4 Å². The van der Waals surface area contributed by atoms with E-state index in [0.717, 1.165) is 10.9 Å². The number of hydrogen-bond acceptors (Lipinski definition) is 5. The molecule has 4 aromatic rings. The van der Waals surface area contributed by atoms with Gasteiger partial charge in [0.1, 0.15) is 0 Å². The summed E-state index contributed by atoms with van der Waals surface area (Å²) in [6, 6.07) is 14.4. The molecule has 158 valence electrons. The molecule has 0 spiro atoms. The molecule has 0 aliphatic rings. The van der Waals surface area contributed by atoms with Crippen molar-refractivity contribution >= 4 is 56.8 Å². The first kappa shape index (κ1) is 21.3. The van der Waals surface area contributed by atoms with E-state index in [4.69, 9.17) is 11.6 Å². The molecule has 0 saturated carbocycles. The Morgan fingerprint density at radius 1 is 1.13 bits per heavy atom. The lowest BCUT2D eigenvalue weighted by atomic mass is 10.2. The van der Waals surface area contributed by atoms with Crippen LogP contribution in [0.1, 0.15) is 13.8 Å². The Labute approximate surface area is 188 Å². The number of aromatic nitrogens is 3. The second-order valence-corrected chi connectivity index (χ2v) is 8.96. The molecule has 0 aliphatic heterocycles. The predicted molar refractivity (Wildman–Crippen MR) is 127 cm³/mol. The number of carbonyl (C=O) groups is 1. The van der Waals surface area contributed by atoms with E-state index in [1.54, 1.807) is 29.0 Å². The molecule has 0 fully saturated rings. The van der Waals surface area contributed by atoms with Crippen LogP contribution in [0, 0.1) is 5.92 Å². The highest BCUT2D eigenvalue weighted by molar-refractivity contribution is 7.99. The number of carbonyl (C=O) groups excluding carboxylic acids is 1. The molecule has 2 heterocycles. The standard InChI is InChI=1S/C23H21ClN4O2S/c1-14(2)12-28-22(30)17-11-15(24)8-9-20(17)27-23(28)31-13-21(29)26-19-7-3-6-18-16(19)5-4-10-25-18/h3-11,14H,12-13H2,1-2H3,(H,26,29). The minimum Gasteiger partial charge on any atom is -0.325 e. The van der Waals surface area contributed by atoms with Crippen molar-refractivity contribution in [2.75, 3.05) is 11.1 Å². The minimum absolute atomic E-state index is 0.125. The molecule has 31 heavy (non-hydrogen) atoms. The van der Waals surface area contributed by atoms with Gasteiger partial charge in [0, 0.05) is 23.2 Å². The van der Waals surface area contributed by atoms with Gasteiger partial charge in [0.25, 0.3) is 5.56 Å². The zero-order chi connectivity index (χ0) is 22.0. The second kappa shape index (κ2) is 9.08. The number of rotatable bonds is 6. The van der Waals surface area contributed by atoms with Crippen molar-refractivity contribution in [3.05, 3.63) is 70.1 Å². The maximum absolute atomic E-state index is 13.1. The van der Waals surface area contributed by atoms with Gasteiger partial charge in [0.15, 0.2) is 5.16 Å². The van der Waals surface area contributed by atoms with E-state index < -0.39 is 0 Å². The van der Waals surface area contributed by atoms with Gasteiger partial charge in [-0.1, -0.05) is 43.3 Å². The first-order valence-corrected chi connectivity index (χ1v) is 11.2. The van der Waals surface area contributed by atoms with Crippen LogP contribution in [0.5, 0.6) is 0 Å². The Morgan fingerprint density at radius 2 is 1.97 bits per heavy atom. The topological polar surface area (TPSA) is 76.9 Å². The maximum Gasteiger partial charge on any atom is 0.262 e. The SMILES string of the molecule is CC(C)Cn1c(SCC(=O)Nc2cccc3ncccc23)nc2ccc(Cl)cc2c1=O. The smallest absolute Gasteiger partial charge is 0.262 e. The first-order chi connectivity index (χ1) is 14.9. The van der Waals surface area contributed by atoms with Crippen molar-refractivity contribution in [2.24, 2.45) is 5.92 Å². The zero-order valence-corrected chi connectivity index (χ0v) is 18.7. The van der Waals surface area contributed by atoms with Crippen molar-refractivity contribution in [1.29, 1.82) is 0 Å². The summed E-state index contributed by atoms with van der Waals surface area (Å²) in [6.45, 7) is 4.57. The van der Waals surface area contributed by atoms with E-state index in [1.807, 2.05) is 44.2 Å². The molecule has 2 aromatic heterocycles. The molecule has 4 rings (SSSR count). The van der Waals surface area contributed by atoms with Crippen LogP contribution in [0.25, 0.3) is 21.8 Å². The van der Waals surface area contributed by atoms with Gasteiger partial charge < -0.3 is 5.32 Å². The van der Waals surface area contributed by atoms with Crippen LogP contribution >= 0.6 is 23.4 Å². The molecule has 6 nitrogen and oxygen atoms in total. The van der Waals surface area contributed by atoms with E-state index >= 15 is 0 Å². The largest absolute Gasteiger partial charge is 0.325 e. The van der Waals surface area contributed by atoms with Crippen LogP contribution in [-0.2, 0) is 11.3 Å². The Hall–Kier alpha value is -2.90. The zero-order valence-electron chi connectivity index (χ0n) is 17.1. The molecule has 0 bridgehead atoms. The molecule has 0 radical (unpaired) electrons. The Morgan fingerprint density at radius 3 is 2.77 bits per heavy atom. The Balaban J connectivity index is 1.59. The molecule has 2 aromatic carbocycles. The molecule has 8 heteroatoms. The molecular weight excluding hydrogens is 432 g/mol. The predicted octanol–water partition coefficient (Wildman–Crippen LogP) is 4.98. The third-order valence-electron chi connectivity index (χ3n) is 4.68. The number of hydrogen-bond donors (Lipinski definition) is 1. The molecular formula is C23H21ClN4O2S. The normalized spacial score (nSPS) is 11.4.